The summed E-state index contributed by atoms with van der Waals surface area (Å²) in [7, 11) is 1.92. The van der Waals surface area contributed by atoms with Crippen molar-refractivity contribution in [2.75, 3.05) is 25.0 Å². The molecule has 0 radical (unpaired) electrons. The summed E-state index contributed by atoms with van der Waals surface area (Å²) < 4.78 is 0. The van der Waals surface area contributed by atoms with Gasteiger partial charge in [-0.3, -0.25) is 26.0 Å². The Hall–Kier alpha value is -3.55. The number of likely N-dealkylation sites (N-methyl/N-ethyl adjacent to an activating group) is 1. The second-order valence-corrected chi connectivity index (χ2v) is 8.02. The predicted molar refractivity (Wildman–Crippen MR) is 120 cm³/mol. The highest BCUT2D eigenvalue weighted by molar-refractivity contribution is 5.96. The number of nitrogens with two attached hydrogens (primary N) is 2. The summed E-state index contributed by atoms with van der Waals surface area (Å²) in [6.07, 6.45) is -1.12. The van der Waals surface area contributed by atoms with E-state index in [-0.39, 0.29) is 30.6 Å². The van der Waals surface area contributed by atoms with Crippen molar-refractivity contribution in [1.82, 2.24) is 26.6 Å². The number of benzene rings is 1. The number of fused-ring (bicyclic) bond motifs is 1. The molecule has 13 nitrogen and oxygen atoms in total. The van der Waals surface area contributed by atoms with Crippen LogP contribution in [0.3, 0.4) is 0 Å². The molecule has 1 fully saturated rings. The summed E-state index contributed by atoms with van der Waals surface area (Å²) in [5.74, 6) is -2.49. The molecular weight excluding hydrogens is 432 g/mol. The highest BCUT2D eigenvalue weighted by atomic mass is 16.4. The van der Waals surface area contributed by atoms with E-state index in [4.69, 9.17) is 16.6 Å². The summed E-state index contributed by atoms with van der Waals surface area (Å²) in [5, 5.41) is 33.2. The monoisotopic (exact) mass is 462 g/mol. The number of nitrogens with one attached hydrogen (secondary N) is 5. The smallest absolute Gasteiger partial charge is 0.326 e. The van der Waals surface area contributed by atoms with Gasteiger partial charge in [-0.2, -0.15) is 0 Å². The van der Waals surface area contributed by atoms with Gasteiger partial charge in [0.2, 0.25) is 0 Å². The van der Waals surface area contributed by atoms with Crippen LogP contribution in [0.2, 0.25) is 0 Å². The number of carboxylic acid groups (broad SMARTS) is 2. The van der Waals surface area contributed by atoms with E-state index >= 15 is 0 Å². The number of carbonyl (C=O) groups is 3. The summed E-state index contributed by atoms with van der Waals surface area (Å²) in [6.45, 7) is 1.32. The second-order valence-electron chi connectivity index (χ2n) is 8.02. The number of nitrogens with zero attached hydrogens (tertiary/aromatic N) is 1. The fourth-order valence-electron chi connectivity index (χ4n) is 3.74. The van der Waals surface area contributed by atoms with Gasteiger partial charge in [0.25, 0.3) is 5.91 Å². The first-order chi connectivity index (χ1) is 15.6. The number of hydrogen-bond donors (Lipinski definition) is 9. The van der Waals surface area contributed by atoms with E-state index < -0.39 is 30.2 Å². The minimum absolute atomic E-state index is 0.0614. The lowest BCUT2D eigenvalue weighted by atomic mass is 10.1. The van der Waals surface area contributed by atoms with Crippen molar-refractivity contribution in [3.05, 3.63) is 41.3 Å². The third-order valence-corrected chi connectivity index (χ3v) is 5.48. The van der Waals surface area contributed by atoms with E-state index in [9.17, 15) is 19.5 Å². The van der Waals surface area contributed by atoms with E-state index in [2.05, 4.69) is 26.6 Å². The Kier molecular flexibility index (Phi) is 7.58. The van der Waals surface area contributed by atoms with Gasteiger partial charge in [0.05, 0.1) is 11.7 Å². The lowest BCUT2D eigenvalue weighted by Gasteiger charge is -2.41. The van der Waals surface area contributed by atoms with Crippen LogP contribution < -0.4 is 43.0 Å². The fraction of sp³-hybridized carbons (Fsp3) is 0.450. The maximum atomic E-state index is 12.4. The molecule has 11 N–H and O–H groups in total. The average Bonchev–Trinajstić information content (AvgIpc) is 2.76. The zero-order chi connectivity index (χ0) is 24.1. The standard InChI is InChI=1S/C20H30N8O5/c1-28(9-11-8-23-17-15(24-11)16(21)26-20(22)27-17)12-4-2-10(3-5-12)18(31)25-13(19(32)33)6-7-14(29)30/h2-5,11,13,17,20,23-24,26-27H,6-9,21-22H2,1H3,(H,25,31)(H,29,30)(H,32,33). The normalized spacial score (nSPS) is 22.9. The summed E-state index contributed by atoms with van der Waals surface area (Å²) in [6, 6.07) is 5.50. The second kappa shape index (κ2) is 10.4. The van der Waals surface area contributed by atoms with E-state index in [1.165, 1.54) is 0 Å². The van der Waals surface area contributed by atoms with Gasteiger partial charge in [-0.1, -0.05) is 0 Å². The Morgan fingerprint density at radius 1 is 1.21 bits per heavy atom. The number of carbonyl (C=O) groups excluding carboxylic acids is 1. The number of rotatable bonds is 9. The van der Waals surface area contributed by atoms with Gasteiger partial charge in [0.1, 0.15) is 24.3 Å². The fourth-order valence-corrected chi connectivity index (χ4v) is 3.74. The molecule has 2 heterocycles. The number of aliphatic carboxylic acids is 2. The zero-order valence-electron chi connectivity index (χ0n) is 18.2. The van der Waals surface area contributed by atoms with E-state index in [0.29, 0.717) is 18.9 Å². The van der Waals surface area contributed by atoms with Crippen LogP contribution in [0.4, 0.5) is 5.69 Å². The Balaban J connectivity index is 1.57. The van der Waals surface area contributed by atoms with Crippen LogP contribution in [0, 0.1) is 0 Å². The van der Waals surface area contributed by atoms with Gasteiger partial charge in [-0.15, -0.1) is 0 Å². The molecular formula is C20H30N8O5. The highest BCUT2D eigenvalue weighted by Gasteiger charge is 2.31. The first-order valence-electron chi connectivity index (χ1n) is 10.5. The zero-order valence-corrected chi connectivity index (χ0v) is 18.2. The lowest BCUT2D eigenvalue weighted by molar-refractivity contribution is -0.140. The quantitative estimate of drug-likeness (QED) is 0.189. The molecule has 0 bridgehead atoms. The van der Waals surface area contributed by atoms with Crippen molar-refractivity contribution < 1.29 is 24.6 Å². The number of carboxylic acids is 2. The lowest BCUT2D eigenvalue weighted by Crippen LogP contribution is -2.69. The molecule has 1 aromatic carbocycles. The maximum Gasteiger partial charge on any atom is 0.326 e. The first kappa shape index (κ1) is 24.1. The highest BCUT2D eigenvalue weighted by Crippen LogP contribution is 2.16. The molecule has 13 heteroatoms. The third kappa shape index (κ3) is 6.25. The van der Waals surface area contributed by atoms with Crippen LogP contribution in [-0.2, 0) is 9.59 Å². The third-order valence-electron chi connectivity index (χ3n) is 5.48. The largest absolute Gasteiger partial charge is 0.481 e. The topological polar surface area (TPSA) is 207 Å². The van der Waals surface area contributed by atoms with Gasteiger partial charge >= 0.3 is 11.9 Å². The molecule has 4 unspecified atom stereocenters. The van der Waals surface area contributed by atoms with Gasteiger partial charge in [-0.25, -0.2) is 4.79 Å². The predicted octanol–water partition coefficient (Wildman–Crippen LogP) is -2.38. The first-order valence-corrected chi connectivity index (χ1v) is 10.5. The molecule has 4 atom stereocenters. The van der Waals surface area contributed by atoms with Crippen LogP contribution in [0.25, 0.3) is 0 Å². The van der Waals surface area contributed by atoms with Crippen molar-refractivity contribution in [2.45, 2.75) is 37.4 Å². The molecule has 180 valence electrons. The molecule has 0 saturated carbocycles. The summed E-state index contributed by atoms with van der Waals surface area (Å²) in [5.41, 5.74) is 13.8. The Bertz CT molecular complexity index is 922. The Morgan fingerprint density at radius 2 is 1.91 bits per heavy atom. The van der Waals surface area contributed by atoms with Crippen LogP contribution in [0.1, 0.15) is 23.2 Å². The Labute approximate surface area is 190 Å². The minimum atomic E-state index is -1.28. The van der Waals surface area contributed by atoms with Crippen LogP contribution in [0.15, 0.2) is 35.8 Å². The van der Waals surface area contributed by atoms with E-state index in [1.807, 2.05) is 11.9 Å². The summed E-state index contributed by atoms with van der Waals surface area (Å²) in [4.78, 5) is 36.4. The Morgan fingerprint density at radius 3 is 2.55 bits per heavy atom. The van der Waals surface area contributed by atoms with E-state index in [1.54, 1.807) is 24.3 Å². The van der Waals surface area contributed by atoms with Crippen LogP contribution in [0.5, 0.6) is 0 Å². The molecule has 2 aliphatic rings. The van der Waals surface area contributed by atoms with Crippen LogP contribution in [-0.4, -0.2) is 72.7 Å². The molecule has 33 heavy (non-hydrogen) atoms. The number of piperazine rings is 1. The summed E-state index contributed by atoms with van der Waals surface area (Å²) >= 11 is 0. The van der Waals surface area contributed by atoms with E-state index in [0.717, 1.165) is 11.4 Å². The number of hydrogen-bond acceptors (Lipinski definition) is 10. The molecule has 2 aliphatic heterocycles. The number of anilines is 1. The van der Waals surface area contributed by atoms with Crippen molar-refractivity contribution in [3.63, 3.8) is 0 Å². The van der Waals surface area contributed by atoms with Crippen molar-refractivity contribution >= 4 is 23.5 Å². The molecule has 0 aliphatic carbocycles. The van der Waals surface area contributed by atoms with Gasteiger partial charge < -0.3 is 36.8 Å². The molecule has 1 aromatic rings. The maximum absolute atomic E-state index is 12.4. The number of amides is 1. The molecule has 1 saturated heterocycles. The van der Waals surface area contributed by atoms with Crippen molar-refractivity contribution in [2.24, 2.45) is 11.5 Å². The van der Waals surface area contributed by atoms with Gasteiger partial charge in [0, 0.05) is 37.8 Å². The molecule has 0 aromatic heterocycles. The average molecular weight is 463 g/mol. The van der Waals surface area contributed by atoms with Gasteiger partial charge in [0.15, 0.2) is 0 Å². The van der Waals surface area contributed by atoms with Crippen molar-refractivity contribution in [1.29, 1.82) is 0 Å². The van der Waals surface area contributed by atoms with Crippen molar-refractivity contribution in [3.8, 4) is 0 Å². The molecule has 3 rings (SSSR count). The van der Waals surface area contributed by atoms with Crippen LogP contribution >= 0.6 is 0 Å². The SMILES string of the molecule is CN(CC1CNC2NC(N)NC(N)=C2N1)c1ccc(C(=O)NC(CCC(=O)O)C(=O)O)cc1. The minimum Gasteiger partial charge on any atom is -0.481 e. The van der Waals surface area contributed by atoms with Gasteiger partial charge in [-0.05, 0) is 30.7 Å². The molecule has 1 amide bonds. The molecule has 0 spiro atoms.